The maximum absolute atomic E-state index is 2.27. The van der Waals surface area contributed by atoms with Crippen molar-refractivity contribution in [3.8, 4) is 0 Å². The molecule has 0 aromatic rings. The summed E-state index contributed by atoms with van der Waals surface area (Å²) >= 11 is 1.91. The number of rotatable bonds is 0. The first-order chi connectivity index (χ1) is 4.47. The van der Waals surface area contributed by atoms with Gasteiger partial charge in [-0.2, -0.15) is 0 Å². The van der Waals surface area contributed by atoms with Gasteiger partial charge < -0.3 is 0 Å². The van der Waals surface area contributed by atoms with E-state index in [0.717, 1.165) is 5.92 Å². The van der Waals surface area contributed by atoms with E-state index >= 15 is 0 Å². The first-order valence-corrected chi connectivity index (χ1v) is 4.18. The van der Waals surface area contributed by atoms with Crippen LogP contribution in [-0.4, -0.2) is 5.75 Å². The second kappa shape index (κ2) is 2.07. The highest BCUT2D eigenvalue weighted by atomic mass is 32.2. The van der Waals surface area contributed by atoms with Crippen LogP contribution in [0, 0.1) is 5.92 Å². The molecule has 46 valence electrons. The molecule has 0 aromatic carbocycles. The molecular weight excluding hydrogens is 128 g/mol. The summed E-state index contributed by atoms with van der Waals surface area (Å²) in [6, 6.07) is 0. The van der Waals surface area contributed by atoms with E-state index in [1.54, 1.807) is 0 Å². The lowest BCUT2D eigenvalue weighted by Crippen LogP contribution is -1.98. The summed E-state index contributed by atoms with van der Waals surface area (Å²) in [7, 11) is 0. The molecule has 2 rings (SSSR count). The standard InChI is InChI=1S/C8H8S/c1-2-4-8-6-9-5-7(8)3-1/h1-5,8H,6H2. The molecule has 9 heavy (non-hydrogen) atoms. The Balaban J connectivity index is 2.33. The molecule has 0 radical (unpaired) electrons. The van der Waals surface area contributed by atoms with E-state index in [0.29, 0.717) is 0 Å². The number of hydrogen-bond donors (Lipinski definition) is 0. The summed E-state index contributed by atoms with van der Waals surface area (Å²) in [5.74, 6) is 1.97. The fourth-order valence-electron chi connectivity index (χ4n) is 1.13. The molecule has 0 fully saturated rings. The smallest absolute Gasteiger partial charge is 0.0120 e. The Morgan fingerprint density at radius 1 is 1.44 bits per heavy atom. The van der Waals surface area contributed by atoms with Gasteiger partial charge in [0.15, 0.2) is 0 Å². The molecule has 0 nitrogen and oxygen atoms in total. The molecule has 1 aliphatic carbocycles. The summed E-state index contributed by atoms with van der Waals surface area (Å²) in [5.41, 5.74) is 1.49. The summed E-state index contributed by atoms with van der Waals surface area (Å²) in [4.78, 5) is 0. The molecule has 1 aliphatic heterocycles. The maximum Gasteiger partial charge on any atom is 0.0120 e. The lowest BCUT2D eigenvalue weighted by atomic mass is 9.98. The van der Waals surface area contributed by atoms with E-state index in [9.17, 15) is 0 Å². The lowest BCUT2D eigenvalue weighted by molar-refractivity contribution is 0.918. The van der Waals surface area contributed by atoms with E-state index in [2.05, 4.69) is 29.7 Å². The van der Waals surface area contributed by atoms with Crippen LogP contribution in [0.15, 0.2) is 35.3 Å². The molecule has 1 heteroatoms. The van der Waals surface area contributed by atoms with Gasteiger partial charge in [-0.05, 0) is 11.0 Å². The number of allylic oxidation sites excluding steroid dienone is 5. The van der Waals surface area contributed by atoms with E-state index < -0.39 is 0 Å². The second-order valence-corrected chi connectivity index (χ2v) is 3.20. The predicted octanol–water partition coefficient (Wildman–Crippen LogP) is 2.36. The molecule has 1 unspecified atom stereocenters. The molecule has 0 saturated heterocycles. The van der Waals surface area contributed by atoms with Gasteiger partial charge in [-0.25, -0.2) is 0 Å². The van der Waals surface area contributed by atoms with E-state index in [1.165, 1.54) is 11.3 Å². The van der Waals surface area contributed by atoms with Gasteiger partial charge in [-0.1, -0.05) is 24.3 Å². The third-order valence-electron chi connectivity index (χ3n) is 1.67. The minimum absolute atomic E-state index is 0.722. The van der Waals surface area contributed by atoms with Gasteiger partial charge in [0, 0.05) is 11.7 Å². The molecule has 0 amide bonds. The monoisotopic (exact) mass is 136 g/mol. The van der Waals surface area contributed by atoms with Crippen molar-refractivity contribution >= 4 is 11.8 Å². The minimum Gasteiger partial charge on any atom is -0.133 e. The van der Waals surface area contributed by atoms with Crippen molar-refractivity contribution in [1.29, 1.82) is 0 Å². The zero-order valence-corrected chi connectivity index (χ0v) is 5.90. The molecule has 1 heterocycles. The van der Waals surface area contributed by atoms with Crippen LogP contribution in [-0.2, 0) is 0 Å². The highest BCUT2D eigenvalue weighted by molar-refractivity contribution is 8.02. The molecular formula is C8H8S. The highest BCUT2D eigenvalue weighted by Crippen LogP contribution is 2.31. The van der Waals surface area contributed by atoms with Gasteiger partial charge >= 0.3 is 0 Å². The van der Waals surface area contributed by atoms with Crippen LogP contribution in [0.3, 0.4) is 0 Å². The van der Waals surface area contributed by atoms with Gasteiger partial charge in [-0.3, -0.25) is 0 Å². The minimum atomic E-state index is 0.722. The van der Waals surface area contributed by atoms with Crippen molar-refractivity contribution < 1.29 is 0 Å². The van der Waals surface area contributed by atoms with Gasteiger partial charge in [0.1, 0.15) is 0 Å². The Morgan fingerprint density at radius 2 is 2.44 bits per heavy atom. The van der Waals surface area contributed by atoms with Crippen LogP contribution in [0.5, 0.6) is 0 Å². The van der Waals surface area contributed by atoms with Crippen molar-refractivity contribution in [3.05, 3.63) is 35.3 Å². The van der Waals surface area contributed by atoms with Crippen molar-refractivity contribution in [2.75, 3.05) is 5.75 Å². The van der Waals surface area contributed by atoms with Crippen LogP contribution in [0.4, 0.5) is 0 Å². The van der Waals surface area contributed by atoms with Crippen LogP contribution in [0.2, 0.25) is 0 Å². The summed E-state index contributed by atoms with van der Waals surface area (Å²) in [6.07, 6.45) is 8.71. The third-order valence-corrected chi connectivity index (χ3v) is 2.66. The van der Waals surface area contributed by atoms with E-state index in [-0.39, 0.29) is 0 Å². The van der Waals surface area contributed by atoms with Crippen molar-refractivity contribution in [2.45, 2.75) is 0 Å². The van der Waals surface area contributed by atoms with Gasteiger partial charge in [0.25, 0.3) is 0 Å². The first kappa shape index (κ1) is 5.36. The van der Waals surface area contributed by atoms with E-state index in [4.69, 9.17) is 0 Å². The fraction of sp³-hybridized carbons (Fsp3) is 0.250. The Labute approximate surface area is 59.3 Å². The Kier molecular flexibility index (Phi) is 1.23. The van der Waals surface area contributed by atoms with Crippen molar-refractivity contribution in [3.63, 3.8) is 0 Å². The van der Waals surface area contributed by atoms with Crippen LogP contribution in [0.1, 0.15) is 0 Å². The number of fused-ring (bicyclic) bond motifs is 1. The topological polar surface area (TPSA) is 0 Å². The maximum atomic E-state index is 2.27. The Morgan fingerprint density at radius 3 is 3.33 bits per heavy atom. The molecule has 0 N–H and O–H groups in total. The van der Waals surface area contributed by atoms with Gasteiger partial charge in [0.2, 0.25) is 0 Å². The average Bonchev–Trinajstić information content (AvgIpc) is 2.33. The molecule has 1 atom stereocenters. The first-order valence-electron chi connectivity index (χ1n) is 3.13. The van der Waals surface area contributed by atoms with Crippen molar-refractivity contribution in [1.82, 2.24) is 0 Å². The predicted molar refractivity (Wildman–Crippen MR) is 42.3 cm³/mol. The van der Waals surface area contributed by atoms with Gasteiger partial charge in [0.05, 0.1) is 0 Å². The van der Waals surface area contributed by atoms with Crippen LogP contribution >= 0.6 is 11.8 Å². The largest absolute Gasteiger partial charge is 0.133 e. The number of thioether (sulfide) groups is 1. The van der Waals surface area contributed by atoms with E-state index in [1.807, 2.05) is 11.8 Å². The zero-order chi connectivity index (χ0) is 6.10. The molecule has 2 aliphatic rings. The molecule has 0 aromatic heterocycles. The number of hydrogen-bond acceptors (Lipinski definition) is 1. The fourth-order valence-corrected chi connectivity index (χ4v) is 2.18. The zero-order valence-electron chi connectivity index (χ0n) is 5.08. The quantitative estimate of drug-likeness (QED) is 0.492. The summed E-state index contributed by atoms with van der Waals surface area (Å²) in [5, 5.41) is 2.25. The average molecular weight is 136 g/mol. The summed E-state index contributed by atoms with van der Waals surface area (Å²) < 4.78 is 0. The van der Waals surface area contributed by atoms with Crippen LogP contribution in [0.25, 0.3) is 0 Å². The summed E-state index contributed by atoms with van der Waals surface area (Å²) in [6.45, 7) is 0. The molecule has 0 saturated carbocycles. The van der Waals surface area contributed by atoms with Crippen LogP contribution < -0.4 is 0 Å². The molecule has 0 bridgehead atoms. The highest BCUT2D eigenvalue weighted by Gasteiger charge is 2.15. The molecule has 0 spiro atoms. The third kappa shape index (κ3) is 0.855. The normalized spacial score (nSPS) is 30.2. The Hall–Kier alpha value is -0.430. The lowest BCUT2D eigenvalue weighted by Gasteiger charge is -2.06. The van der Waals surface area contributed by atoms with Crippen molar-refractivity contribution in [2.24, 2.45) is 5.92 Å². The SMILES string of the molecule is C1=CC2=CSCC2C=C1. The second-order valence-electron chi connectivity index (χ2n) is 2.30. The van der Waals surface area contributed by atoms with Gasteiger partial charge in [-0.15, -0.1) is 11.8 Å². The Bertz CT molecular complexity index is 196.